The summed E-state index contributed by atoms with van der Waals surface area (Å²) in [4.78, 5) is 12.1. The predicted molar refractivity (Wildman–Crippen MR) is 81.2 cm³/mol. The third-order valence-corrected chi connectivity index (χ3v) is 4.34. The number of ether oxygens (including phenoxy) is 1. The molecule has 22 heavy (non-hydrogen) atoms. The Kier molecular flexibility index (Phi) is 4.51. The van der Waals surface area contributed by atoms with Crippen LogP contribution in [0.3, 0.4) is 0 Å². The number of aromatic nitrogens is 2. The lowest BCUT2D eigenvalue weighted by Crippen LogP contribution is -2.18. The molecule has 0 aliphatic carbocycles. The van der Waals surface area contributed by atoms with E-state index in [4.69, 9.17) is 4.74 Å². The fraction of sp³-hybridized carbons (Fsp3) is 0.286. The first kappa shape index (κ1) is 16.0. The van der Waals surface area contributed by atoms with Crippen LogP contribution in [0.25, 0.3) is 0 Å². The van der Waals surface area contributed by atoms with Gasteiger partial charge in [-0.05, 0) is 26.0 Å². The van der Waals surface area contributed by atoms with Crippen LogP contribution >= 0.6 is 0 Å². The average Bonchev–Trinajstić information content (AvgIpc) is 2.74. The summed E-state index contributed by atoms with van der Waals surface area (Å²) in [7, 11) is -2.26. The van der Waals surface area contributed by atoms with Crippen molar-refractivity contribution < 1.29 is 17.9 Å². The molecule has 0 radical (unpaired) electrons. The van der Waals surface area contributed by atoms with Crippen LogP contribution in [-0.2, 0) is 21.8 Å². The summed E-state index contributed by atoms with van der Waals surface area (Å²) in [5, 5.41) is 4.08. The van der Waals surface area contributed by atoms with E-state index in [0.717, 1.165) is 0 Å². The zero-order valence-corrected chi connectivity index (χ0v) is 13.3. The number of anilines is 1. The number of hydrogen-bond donors (Lipinski definition) is 1. The van der Waals surface area contributed by atoms with Crippen LogP contribution in [0.4, 0.5) is 5.82 Å². The Bertz CT molecular complexity index is 782. The van der Waals surface area contributed by atoms with E-state index in [1.54, 1.807) is 39.1 Å². The Balaban J connectivity index is 2.44. The second kappa shape index (κ2) is 6.18. The van der Waals surface area contributed by atoms with E-state index in [-0.39, 0.29) is 22.9 Å². The molecule has 118 valence electrons. The molecule has 8 heteroatoms. The lowest BCUT2D eigenvalue weighted by Gasteiger charge is -2.10. The smallest absolute Gasteiger partial charge is 0.343 e. The van der Waals surface area contributed by atoms with E-state index in [1.807, 2.05) is 0 Å². The lowest BCUT2D eigenvalue weighted by atomic mass is 10.2. The van der Waals surface area contributed by atoms with Crippen molar-refractivity contribution in [3.63, 3.8) is 0 Å². The second-order valence-electron chi connectivity index (χ2n) is 4.57. The van der Waals surface area contributed by atoms with Gasteiger partial charge in [0.1, 0.15) is 5.56 Å². The SMILES string of the molecule is CCOC(=O)c1c(C)nn(C)c1NS(=O)(=O)c1ccccc1. The highest BCUT2D eigenvalue weighted by Crippen LogP contribution is 2.23. The molecule has 1 aromatic heterocycles. The third kappa shape index (κ3) is 3.11. The molecule has 0 saturated heterocycles. The Morgan fingerprint density at radius 1 is 1.32 bits per heavy atom. The highest BCUT2D eigenvalue weighted by atomic mass is 32.2. The van der Waals surface area contributed by atoms with Crippen LogP contribution in [0.1, 0.15) is 23.0 Å². The standard InChI is InChI=1S/C14H17N3O4S/c1-4-21-14(18)12-10(2)15-17(3)13(12)16-22(19,20)11-8-6-5-7-9-11/h5-9,16H,4H2,1-3H3. The maximum absolute atomic E-state index is 12.4. The van der Waals surface area contributed by atoms with Crippen LogP contribution in [0.2, 0.25) is 0 Å². The van der Waals surface area contributed by atoms with Crippen LogP contribution in [-0.4, -0.2) is 30.8 Å². The van der Waals surface area contributed by atoms with Crippen molar-refractivity contribution in [2.45, 2.75) is 18.7 Å². The first-order valence-corrected chi connectivity index (χ1v) is 8.13. The molecule has 1 N–H and O–H groups in total. The minimum Gasteiger partial charge on any atom is -0.462 e. The van der Waals surface area contributed by atoms with Gasteiger partial charge in [-0.1, -0.05) is 18.2 Å². The summed E-state index contributed by atoms with van der Waals surface area (Å²) in [6, 6.07) is 7.90. The van der Waals surface area contributed by atoms with Crippen molar-refractivity contribution in [1.82, 2.24) is 9.78 Å². The quantitative estimate of drug-likeness (QED) is 0.846. The van der Waals surface area contributed by atoms with E-state index < -0.39 is 16.0 Å². The van der Waals surface area contributed by atoms with Crippen molar-refractivity contribution in [3.05, 3.63) is 41.6 Å². The number of carbonyl (C=O) groups is 1. The zero-order valence-electron chi connectivity index (χ0n) is 12.5. The molecular weight excluding hydrogens is 306 g/mol. The number of nitrogens with one attached hydrogen (secondary N) is 1. The second-order valence-corrected chi connectivity index (χ2v) is 6.25. The highest BCUT2D eigenvalue weighted by molar-refractivity contribution is 7.92. The van der Waals surface area contributed by atoms with Crippen LogP contribution in [0, 0.1) is 6.92 Å². The summed E-state index contributed by atoms with van der Waals surface area (Å²) in [5.41, 5.74) is 0.510. The highest BCUT2D eigenvalue weighted by Gasteiger charge is 2.25. The molecule has 0 aliphatic heterocycles. The molecular formula is C14H17N3O4S. The first-order valence-electron chi connectivity index (χ1n) is 6.65. The van der Waals surface area contributed by atoms with E-state index in [2.05, 4.69) is 9.82 Å². The maximum atomic E-state index is 12.4. The summed E-state index contributed by atoms with van der Waals surface area (Å²) < 4.78 is 33.4. The summed E-state index contributed by atoms with van der Waals surface area (Å²) in [6.45, 7) is 3.49. The van der Waals surface area contributed by atoms with E-state index in [9.17, 15) is 13.2 Å². The van der Waals surface area contributed by atoms with Gasteiger partial charge in [0, 0.05) is 7.05 Å². The molecule has 0 fully saturated rings. The van der Waals surface area contributed by atoms with Crippen LogP contribution in [0.5, 0.6) is 0 Å². The van der Waals surface area contributed by atoms with Gasteiger partial charge < -0.3 is 4.74 Å². The Morgan fingerprint density at radius 3 is 2.55 bits per heavy atom. The van der Waals surface area contributed by atoms with Gasteiger partial charge in [-0.25, -0.2) is 13.2 Å². The molecule has 0 amide bonds. The van der Waals surface area contributed by atoms with Crippen molar-refractivity contribution >= 4 is 21.8 Å². The van der Waals surface area contributed by atoms with Crippen LogP contribution < -0.4 is 4.72 Å². The first-order chi connectivity index (χ1) is 10.4. The van der Waals surface area contributed by atoms with Gasteiger partial charge in [0.05, 0.1) is 17.2 Å². The normalized spacial score (nSPS) is 11.2. The molecule has 7 nitrogen and oxygen atoms in total. The summed E-state index contributed by atoms with van der Waals surface area (Å²) in [5.74, 6) is -0.529. The predicted octanol–water partition coefficient (Wildman–Crippen LogP) is 1.71. The molecule has 0 bridgehead atoms. The minimum atomic E-state index is -3.81. The lowest BCUT2D eigenvalue weighted by molar-refractivity contribution is 0.0527. The molecule has 0 spiro atoms. The molecule has 0 unspecified atom stereocenters. The topological polar surface area (TPSA) is 90.3 Å². The van der Waals surface area contributed by atoms with Crippen molar-refractivity contribution in [3.8, 4) is 0 Å². The molecule has 0 saturated carbocycles. The number of aryl methyl sites for hydroxylation is 2. The zero-order chi connectivity index (χ0) is 16.3. The number of sulfonamides is 1. The average molecular weight is 323 g/mol. The molecule has 2 aromatic rings. The van der Waals surface area contributed by atoms with Crippen molar-refractivity contribution in [2.75, 3.05) is 11.3 Å². The number of benzene rings is 1. The van der Waals surface area contributed by atoms with Crippen molar-refractivity contribution in [2.24, 2.45) is 7.05 Å². The van der Waals surface area contributed by atoms with E-state index in [1.165, 1.54) is 16.8 Å². The maximum Gasteiger partial charge on any atom is 0.343 e. The minimum absolute atomic E-state index is 0.0832. The Morgan fingerprint density at radius 2 is 1.95 bits per heavy atom. The molecule has 2 rings (SSSR count). The van der Waals surface area contributed by atoms with Gasteiger partial charge in [0.2, 0.25) is 0 Å². The largest absolute Gasteiger partial charge is 0.462 e. The number of nitrogens with zero attached hydrogens (tertiary/aromatic N) is 2. The third-order valence-electron chi connectivity index (χ3n) is 2.99. The summed E-state index contributed by atoms with van der Waals surface area (Å²) >= 11 is 0. The van der Waals surface area contributed by atoms with Crippen LogP contribution in [0.15, 0.2) is 35.2 Å². The van der Waals surface area contributed by atoms with Crippen molar-refractivity contribution in [1.29, 1.82) is 0 Å². The number of esters is 1. The van der Waals surface area contributed by atoms with Gasteiger partial charge in [0.15, 0.2) is 5.82 Å². The van der Waals surface area contributed by atoms with Gasteiger partial charge in [-0.2, -0.15) is 5.10 Å². The molecule has 1 heterocycles. The Hall–Kier alpha value is -2.35. The monoisotopic (exact) mass is 323 g/mol. The van der Waals surface area contributed by atoms with E-state index in [0.29, 0.717) is 5.69 Å². The molecule has 1 aromatic carbocycles. The number of rotatable bonds is 5. The molecule has 0 atom stereocenters. The van der Waals surface area contributed by atoms with Gasteiger partial charge in [-0.3, -0.25) is 9.40 Å². The summed E-state index contributed by atoms with van der Waals surface area (Å²) in [6.07, 6.45) is 0. The van der Waals surface area contributed by atoms with Gasteiger partial charge in [0.25, 0.3) is 10.0 Å². The fourth-order valence-corrected chi connectivity index (χ4v) is 3.13. The number of carbonyl (C=O) groups excluding carboxylic acids is 1. The fourth-order valence-electron chi connectivity index (χ4n) is 2.01. The number of hydrogen-bond acceptors (Lipinski definition) is 5. The van der Waals surface area contributed by atoms with E-state index >= 15 is 0 Å². The van der Waals surface area contributed by atoms with Gasteiger partial charge >= 0.3 is 5.97 Å². The molecule has 0 aliphatic rings. The van der Waals surface area contributed by atoms with Gasteiger partial charge in [-0.15, -0.1) is 0 Å². The Labute approximate surface area is 129 Å².